The van der Waals surface area contributed by atoms with Crippen molar-refractivity contribution in [3.63, 3.8) is 0 Å². The number of carbonyl (C=O) groups is 1. The number of halogens is 6. The van der Waals surface area contributed by atoms with Gasteiger partial charge in [0, 0.05) is 22.7 Å². The first kappa shape index (κ1) is 29.9. The minimum Gasteiger partial charge on any atom is -0.497 e. The van der Waals surface area contributed by atoms with Gasteiger partial charge in [0.15, 0.2) is 17.0 Å². The number of methoxy groups -OCH3 is 1. The monoisotopic (exact) mass is 651 g/mol. The van der Waals surface area contributed by atoms with Crippen LogP contribution < -0.4 is 14.8 Å². The molecule has 0 spiro atoms. The molecular weight excluding hydrogens is 638 g/mol. The molecule has 2 heterocycles. The van der Waals surface area contributed by atoms with Gasteiger partial charge in [-0.1, -0.05) is 46.9 Å². The first-order chi connectivity index (χ1) is 20.3. The van der Waals surface area contributed by atoms with Crippen LogP contribution in [0.1, 0.15) is 16.2 Å². The second-order valence-corrected chi connectivity index (χ2v) is 9.98. The quantitative estimate of drug-likeness (QED) is 0.139. The number of rotatable bonds is 7. The molecule has 0 aliphatic carbocycles. The molecule has 10 nitrogen and oxygen atoms in total. The van der Waals surface area contributed by atoms with Gasteiger partial charge in [0.1, 0.15) is 22.3 Å². The smallest absolute Gasteiger partial charge is 0.433 e. The molecule has 0 aliphatic heterocycles. The molecule has 43 heavy (non-hydrogen) atoms. The summed E-state index contributed by atoms with van der Waals surface area (Å²) in [5.74, 6) is -0.655. The van der Waals surface area contributed by atoms with Crippen molar-refractivity contribution in [2.45, 2.75) is 6.18 Å². The summed E-state index contributed by atoms with van der Waals surface area (Å²) in [6.45, 7) is 0. The summed E-state index contributed by atoms with van der Waals surface area (Å²) in [5.41, 5.74) is -2.73. The molecule has 2 aromatic heterocycles. The van der Waals surface area contributed by atoms with Crippen LogP contribution in [0.2, 0.25) is 15.1 Å². The van der Waals surface area contributed by atoms with E-state index in [2.05, 4.69) is 15.4 Å². The summed E-state index contributed by atoms with van der Waals surface area (Å²) >= 11 is 18.4. The molecule has 0 atom stereocenters. The minimum atomic E-state index is -4.91. The molecule has 0 unspecified atom stereocenters. The number of hydrogen-bond acceptors (Lipinski definition) is 7. The third-order valence-electron chi connectivity index (χ3n) is 5.89. The topological polar surface area (TPSA) is 121 Å². The van der Waals surface area contributed by atoms with Gasteiger partial charge in [-0.25, -0.2) is 9.50 Å². The maximum Gasteiger partial charge on any atom is 0.433 e. The van der Waals surface area contributed by atoms with Crippen LogP contribution in [0.15, 0.2) is 66.7 Å². The number of amides is 1. The maximum atomic E-state index is 14.1. The van der Waals surface area contributed by atoms with Crippen molar-refractivity contribution in [3.8, 4) is 28.5 Å². The van der Waals surface area contributed by atoms with Gasteiger partial charge in [-0.2, -0.15) is 18.3 Å². The summed E-state index contributed by atoms with van der Waals surface area (Å²) in [6.07, 6.45) is -4.91. The van der Waals surface area contributed by atoms with Crippen molar-refractivity contribution < 1.29 is 32.4 Å². The summed E-state index contributed by atoms with van der Waals surface area (Å²) in [5, 5.41) is 17.7. The minimum absolute atomic E-state index is 0.0845. The molecule has 5 rings (SSSR count). The predicted molar refractivity (Wildman–Crippen MR) is 153 cm³/mol. The lowest BCUT2D eigenvalue weighted by Gasteiger charge is -2.11. The van der Waals surface area contributed by atoms with E-state index in [4.69, 9.17) is 44.3 Å². The molecule has 0 radical (unpaired) electrons. The van der Waals surface area contributed by atoms with Crippen molar-refractivity contribution >= 4 is 57.7 Å². The second kappa shape index (κ2) is 11.6. The van der Waals surface area contributed by atoms with Gasteiger partial charge in [0.2, 0.25) is 0 Å². The number of nitro benzene ring substituents is 1. The predicted octanol–water partition coefficient (Wildman–Crippen LogP) is 8.34. The van der Waals surface area contributed by atoms with E-state index in [0.717, 1.165) is 18.2 Å². The third kappa shape index (κ3) is 6.28. The highest BCUT2D eigenvalue weighted by Crippen LogP contribution is 2.37. The highest BCUT2D eigenvalue weighted by Gasteiger charge is 2.37. The van der Waals surface area contributed by atoms with Crippen LogP contribution in [0.3, 0.4) is 0 Å². The van der Waals surface area contributed by atoms with E-state index in [0.29, 0.717) is 20.9 Å². The molecule has 16 heteroatoms. The average Bonchev–Trinajstić information content (AvgIpc) is 3.29. The number of fused-ring (bicyclic) bond motifs is 1. The van der Waals surface area contributed by atoms with E-state index in [1.54, 1.807) is 12.1 Å². The third-order valence-corrected chi connectivity index (χ3v) is 6.76. The lowest BCUT2D eigenvalue weighted by molar-refractivity contribution is -0.384. The Labute approximate surface area is 254 Å². The Hall–Kier alpha value is -4.59. The molecular formula is C27H15Cl3F3N5O5. The van der Waals surface area contributed by atoms with Crippen LogP contribution in [0.4, 0.5) is 24.5 Å². The van der Waals surface area contributed by atoms with Gasteiger partial charge in [-0.15, -0.1) is 0 Å². The summed E-state index contributed by atoms with van der Waals surface area (Å²) in [4.78, 5) is 28.2. The molecule has 0 saturated heterocycles. The fraction of sp³-hybridized carbons (Fsp3) is 0.0741. The van der Waals surface area contributed by atoms with E-state index in [9.17, 15) is 28.1 Å². The number of ether oxygens (including phenoxy) is 2. The SMILES string of the molecule is COc1cccc(-c2cc(C(F)(F)F)n3nc(C(=O)Nc4cc(Oc5ccc(Cl)cc5Cl)cc([N+](=O)[O-])c4)c(Cl)c3n2)c1. The number of hydrogen-bond donors (Lipinski definition) is 1. The Balaban J connectivity index is 1.54. The summed E-state index contributed by atoms with van der Waals surface area (Å²) in [6, 6.07) is 14.6. The zero-order valence-corrected chi connectivity index (χ0v) is 23.7. The highest BCUT2D eigenvalue weighted by atomic mass is 35.5. The van der Waals surface area contributed by atoms with Gasteiger partial charge in [0.05, 0.1) is 34.5 Å². The molecule has 0 bridgehead atoms. The number of anilines is 1. The van der Waals surface area contributed by atoms with Gasteiger partial charge in [0.25, 0.3) is 11.6 Å². The lowest BCUT2D eigenvalue weighted by atomic mass is 10.1. The van der Waals surface area contributed by atoms with Crippen LogP contribution in [0, 0.1) is 10.1 Å². The Morgan fingerprint density at radius 2 is 1.79 bits per heavy atom. The van der Waals surface area contributed by atoms with E-state index in [1.165, 1.54) is 43.5 Å². The van der Waals surface area contributed by atoms with Crippen LogP contribution in [-0.2, 0) is 6.18 Å². The van der Waals surface area contributed by atoms with Crippen LogP contribution >= 0.6 is 34.8 Å². The van der Waals surface area contributed by atoms with Crippen molar-refractivity contribution in [1.29, 1.82) is 0 Å². The molecule has 1 amide bonds. The van der Waals surface area contributed by atoms with Gasteiger partial charge >= 0.3 is 6.18 Å². The standard InChI is InChI=1S/C27H15Cl3F3N5O5/c1-42-17-4-2-3-13(7-17)20-12-22(27(31,32)33)37-25(35-20)23(30)24(36-37)26(39)34-15-9-16(38(40)41)11-18(10-15)43-21-6-5-14(28)8-19(21)29/h2-12H,1H3,(H,34,39). The molecule has 0 saturated carbocycles. The summed E-state index contributed by atoms with van der Waals surface area (Å²) in [7, 11) is 1.40. The largest absolute Gasteiger partial charge is 0.497 e. The van der Waals surface area contributed by atoms with Gasteiger partial charge in [-0.05, 0) is 36.4 Å². The Bertz CT molecular complexity index is 1920. The molecule has 220 valence electrons. The van der Waals surface area contributed by atoms with E-state index in [1.807, 2.05) is 0 Å². The molecule has 0 aliphatic rings. The Morgan fingerprint density at radius 3 is 2.47 bits per heavy atom. The van der Waals surface area contributed by atoms with Crippen molar-refractivity contribution in [1.82, 2.24) is 14.6 Å². The fourth-order valence-corrected chi connectivity index (χ4v) is 4.66. The van der Waals surface area contributed by atoms with E-state index in [-0.39, 0.29) is 27.9 Å². The Kier molecular flexibility index (Phi) is 8.06. The molecule has 3 aromatic carbocycles. The van der Waals surface area contributed by atoms with E-state index >= 15 is 0 Å². The highest BCUT2D eigenvalue weighted by molar-refractivity contribution is 6.37. The number of benzene rings is 3. The zero-order valence-electron chi connectivity index (χ0n) is 21.4. The van der Waals surface area contributed by atoms with Crippen molar-refractivity contribution in [3.05, 3.63) is 103 Å². The fourth-order valence-electron chi connectivity index (χ4n) is 3.96. The maximum absolute atomic E-state index is 14.1. The normalized spacial score (nSPS) is 11.4. The zero-order chi connectivity index (χ0) is 31.1. The van der Waals surface area contributed by atoms with Crippen molar-refractivity contribution in [2.75, 3.05) is 12.4 Å². The van der Waals surface area contributed by atoms with Gasteiger partial charge < -0.3 is 14.8 Å². The molecule has 5 aromatic rings. The number of aromatic nitrogens is 3. The first-order valence-corrected chi connectivity index (χ1v) is 13.0. The van der Waals surface area contributed by atoms with Gasteiger partial charge in [-0.3, -0.25) is 14.9 Å². The summed E-state index contributed by atoms with van der Waals surface area (Å²) < 4.78 is 53.5. The number of carbonyl (C=O) groups excluding carboxylic acids is 1. The average molecular weight is 653 g/mol. The molecule has 0 fully saturated rings. The van der Waals surface area contributed by atoms with Crippen LogP contribution in [-0.4, -0.2) is 32.5 Å². The first-order valence-electron chi connectivity index (χ1n) is 11.9. The number of alkyl halides is 3. The Morgan fingerprint density at radius 1 is 1.02 bits per heavy atom. The number of nitrogens with one attached hydrogen (secondary N) is 1. The molecule has 1 N–H and O–H groups in total. The number of nitro groups is 1. The number of non-ortho nitro benzene ring substituents is 1. The van der Waals surface area contributed by atoms with Crippen molar-refractivity contribution in [2.24, 2.45) is 0 Å². The van der Waals surface area contributed by atoms with Crippen LogP contribution in [0.25, 0.3) is 16.9 Å². The number of nitrogens with zero attached hydrogens (tertiary/aromatic N) is 4. The lowest BCUT2D eigenvalue weighted by Crippen LogP contribution is -2.16. The van der Waals surface area contributed by atoms with Crippen LogP contribution in [0.5, 0.6) is 17.2 Å². The second-order valence-electron chi connectivity index (χ2n) is 8.76. The van der Waals surface area contributed by atoms with E-state index < -0.39 is 44.8 Å².